The molecule has 0 fully saturated rings. The van der Waals surface area contributed by atoms with E-state index in [9.17, 15) is 9.90 Å². The van der Waals surface area contributed by atoms with Crippen molar-refractivity contribution in [2.24, 2.45) is 5.73 Å². The Balaban J connectivity index is 0.000000224. The van der Waals surface area contributed by atoms with E-state index >= 15 is 0 Å². The molecule has 0 unspecified atom stereocenters. The van der Waals surface area contributed by atoms with Crippen molar-refractivity contribution in [1.82, 2.24) is 0 Å². The number of fused-ring (bicyclic) bond motifs is 1. The van der Waals surface area contributed by atoms with Crippen LogP contribution in [0.3, 0.4) is 0 Å². The first-order valence-electron chi connectivity index (χ1n) is 9.77. The second kappa shape index (κ2) is 9.50. The number of benzene rings is 3. The number of carbonyl (C=O) groups is 1. The Morgan fingerprint density at radius 3 is 2.17 bits per heavy atom. The van der Waals surface area contributed by atoms with Crippen molar-refractivity contribution in [3.63, 3.8) is 0 Å². The third-order valence-electron chi connectivity index (χ3n) is 5.24. The summed E-state index contributed by atoms with van der Waals surface area (Å²) in [7, 11) is 0. The van der Waals surface area contributed by atoms with Gasteiger partial charge < -0.3 is 15.6 Å². The number of aliphatic carboxylic acids is 1. The first-order chi connectivity index (χ1) is 14.0. The maximum absolute atomic E-state index is 11.4. The fourth-order valence-electron chi connectivity index (χ4n) is 3.79. The van der Waals surface area contributed by atoms with Crippen LogP contribution in [0.2, 0.25) is 0 Å². The molecule has 0 aromatic heterocycles. The molecule has 4 nitrogen and oxygen atoms in total. The first-order valence-corrected chi connectivity index (χ1v) is 9.77. The highest BCUT2D eigenvalue weighted by Crippen LogP contribution is 2.41. The highest BCUT2D eigenvalue weighted by molar-refractivity contribution is 5.71. The molecule has 2 atom stereocenters. The zero-order valence-corrected chi connectivity index (χ0v) is 16.6. The Bertz CT molecular complexity index is 925. The van der Waals surface area contributed by atoms with Gasteiger partial charge in [0.05, 0.1) is 25.0 Å². The van der Waals surface area contributed by atoms with Crippen molar-refractivity contribution < 1.29 is 14.6 Å². The van der Waals surface area contributed by atoms with Crippen molar-refractivity contribution >= 4 is 5.97 Å². The molecule has 1 aliphatic rings. The van der Waals surface area contributed by atoms with E-state index in [1.165, 1.54) is 5.56 Å². The Kier molecular flexibility index (Phi) is 6.81. The van der Waals surface area contributed by atoms with Crippen LogP contribution >= 0.6 is 0 Å². The van der Waals surface area contributed by atoms with Crippen LogP contribution in [0.4, 0.5) is 0 Å². The van der Waals surface area contributed by atoms with Gasteiger partial charge in [0.15, 0.2) is 0 Å². The van der Waals surface area contributed by atoms with E-state index < -0.39 is 11.4 Å². The van der Waals surface area contributed by atoms with Gasteiger partial charge in [0, 0.05) is 6.04 Å². The Labute approximate surface area is 172 Å². The Hall–Kier alpha value is -2.95. The van der Waals surface area contributed by atoms with Crippen LogP contribution in [0.25, 0.3) is 0 Å². The predicted molar refractivity (Wildman–Crippen MR) is 115 cm³/mol. The summed E-state index contributed by atoms with van der Waals surface area (Å²) in [6.45, 7) is 2.93. The maximum Gasteiger partial charge on any atom is 0.304 e. The number of carboxylic acid groups (broad SMARTS) is 1. The first kappa shape index (κ1) is 20.8. The fourth-order valence-corrected chi connectivity index (χ4v) is 3.79. The van der Waals surface area contributed by atoms with Gasteiger partial charge >= 0.3 is 5.97 Å². The van der Waals surface area contributed by atoms with Gasteiger partial charge in [-0.3, -0.25) is 4.79 Å². The van der Waals surface area contributed by atoms with Crippen LogP contribution < -0.4 is 5.73 Å². The van der Waals surface area contributed by atoms with Gasteiger partial charge in [0.25, 0.3) is 0 Å². The average molecular weight is 389 g/mol. The second-order valence-corrected chi connectivity index (χ2v) is 7.37. The lowest BCUT2D eigenvalue weighted by molar-refractivity contribution is -0.139. The molecule has 0 aliphatic carbocycles. The lowest BCUT2D eigenvalue weighted by Gasteiger charge is -2.38. The molecule has 0 bridgehead atoms. The van der Waals surface area contributed by atoms with Gasteiger partial charge in [-0.05, 0) is 29.2 Å². The third-order valence-corrected chi connectivity index (χ3v) is 5.24. The molecule has 3 aromatic carbocycles. The standard InChI is InChI=1S/C17H16O3.C8H11N/c18-16(19)10-17(14-7-2-1-3-8-14)12-20-11-13-6-4-5-9-15(13)17;1-7(9)8-5-3-2-4-6-8/h1-9H,10-12H2,(H,18,19);2-7H,9H2,1H3/t17-;7-/m01/s1. The topological polar surface area (TPSA) is 72.6 Å². The van der Waals surface area contributed by atoms with Gasteiger partial charge in [0.2, 0.25) is 0 Å². The van der Waals surface area contributed by atoms with E-state index in [2.05, 4.69) is 0 Å². The normalized spacial score (nSPS) is 18.7. The summed E-state index contributed by atoms with van der Waals surface area (Å²) < 4.78 is 5.70. The highest BCUT2D eigenvalue weighted by Gasteiger charge is 2.40. The van der Waals surface area contributed by atoms with E-state index in [0.717, 1.165) is 16.7 Å². The van der Waals surface area contributed by atoms with Crippen LogP contribution in [0.1, 0.15) is 41.6 Å². The summed E-state index contributed by atoms with van der Waals surface area (Å²) in [4.78, 5) is 11.4. The lowest BCUT2D eigenvalue weighted by Crippen LogP contribution is -2.39. The average Bonchev–Trinajstić information content (AvgIpc) is 2.75. The zero-order valence-electron chi connectivity index (χ0n) is 16.6. The molecular formula is C25H27NO3. The minimum atomic E-state index is -0.811. The van der Waals surface area contributed by atoms with E-state index in [1.54, 1.807) is 0 Å². The van der Waals surface area contributed by atoms with Gasteiger partial charge in [-0.1, -0.05) is 84.9 Å². The molecule has 0 amide bonds. The van der Waals surface area contributed by atoms with Crippen molar-refractivity contribution in [2.75, 3.05) is 6.61 Å². The molecule has 4 rings (SSSR count). The molecule has 3 aromatic rings. The number of rotatable bonds is 4. The zero-order chi connectivity index (χ0) is 20.7. The third kappa shape index (κ3) is 4.91. The maximum atomic E-state index is 11.4. The summed E-state index contributed by atoms with van der Waals surface area (Å²) in [5, 5.41) is 9.36. The smallest absolute Gasteiger partial charge is 0.304 e. The number of hydrogen-bond donors (Lipinski definition) is 2. The van der Waals surface area contributed by atoms with E-state index in [1.807, 2.05) is 91.9 Å². The van der Waals surface area contributed by atoms with Gasteiger partial charge in [-0.2, -0.15) is 0 Å². The highest BCUT2D eigenvalue weighted by atomic mass is 16.5. The summed E-state index contributed by atoms with van der Waals surface area (Å²) in [6, 6.07) is 27.9. The molecule has 4 heteroatoms. The van der Waals surface area contributed by atoms with Gasteiger partial charge in [-0.25, -0.2) is 0 Å². The Morgan fingerprint density at radius 2 is 1.59 bits per heavy atom. The number of ether oxygens (including phenoxy) is 1. The predicted octanol–water partition coefficient (Wildman–Crippen LogP) is 4.68. The second-order valence-electron chi connectivity index (χ2n) is 7.37. The van der Waals surface area contributed by atoms with Crippen LogP contribution in [0.15, 0.2) is 84.9 Å². The molecule has 1 aliphatic heterocycles. The van der Waals surface area contributed by atoms with Crippen LogP contribution in [-0.4, -0.2) is 17.7 Å². The quantitative estimate of drug-likeness (QED) is 0.679. The van der Waals surface area contributed by atoms with Crippen molar-refractivity contribution in [3.8, 4) is 0 Å². The van der Waals surface area contributed by atoms with Crippen LogP contribution in [0.5, 0.6) is 0 Å². The van der Waals surface area contributed by atoms with Gasteiger partial charge in [-0.15, -0.1) is 0 Å². The number of nitrogens with two attached hydrogens (primary N) is 1. The molecule has 3 N–H and O–H groups in total. The monoisotopic (exact) mass is 389 g/mol. The van der Waals surface area contributed by atoms with Crippen molar-refractivity contribution in [1.29, 1.82) is 0 Å². The number of hydrogen-bond acceptors (Lipinski definition) is 3. The summed E-state index contributed by atoms with van der Waals surface area (Å²) in [5.41, 5.74) is 9.35. The molecule has 0 saturated carbocycles. The molecule has 0 spiro atoms. The summed E-state index contributed by atoms with van der Waals surface area (Å²) >= 11 is 0. The van der Waals surface area contributed by atoms with E-state index in [0.29, 0.717) is 13.2 Å². The SMILES string of the molecule is C[C@@H](N)c1ccccc1.O=C(O)C[C@@]1(c2ccccc2)COCc2ccccc21. The molecule has 0 saturated heterocycles. The van der Waals surface area contributed by atoms with Crippen molar-refractivity contribution in [2.45, 2.75) is 31.4 Å². The largest absolute Gasteiger partial charge is 0.481 e. The number of carboxylic acids is 1. The summed E-state index contributed by atoms with van der Waals surface area (Å²) in [6.07, 6.45) is 0.0357. The van der Waals surface area contributed by atoms with Crippen LogP contribution in [-0.2, 0) is 21.6 Å². The van der Waals surface area contributed by atoms with Crippen molar-refractivity contribution in [3.05, 3.63) is 107 Å². The lowest BCUT2D eigenvalue weighted by atomic mass is 9.70. The van der Waals surface area contributed by atoms with Gasteiger partial charge in [0.1, 0.15) is 0 Å². The fraction of sp³-hybridized carbons (Fsp3) is 0.240. The van der Waals surface area contributed by atoms with Crippen LogP contribution in [0, 0.1) is 0 Å². The molecule has 1 heterocycles. The molecule has 29 heavy (non-hydrogen) atoms. The molecule has 0 radical (unpaired) electrons. The summed E-state index contributed by atoms with van der Waals surface area (Å²) in [5.74, 6) is -0.811. The minimum absolute atomic E-state index is 0.0357. The Morgan fingerprint density at radius 1 is 1.00 bits per heavy atom. The minimum Gasteiger partial charge on any atom is -0.481 e. The molecule has 150 valence electrons. The molecular weight excluding hydrogens is 362 g/mol. The van der Waals surface area contributed by atoms with E-state index in [4.69, 9.17) is 10.5 Å². The van der Waals surface area contributed by atoms with E-state index in [-0.39, 0.29) is 12.5 Å².